The lowest BCUT2D eigenvalue weighted by molar-refractivity contribution is -0.141. The van der Waals surface area contributed by atoms with Gasteiger partial charge in [-0.1, -0.05) is 0 Å². The van der Waals surface area contributed by atoms with E-state index in [4.69, 9.17) is 14.2 Å². The van der Waals surface area contributed by atoms with Crippen molar-refractivity contribution < 1.29 is 23.8 Å². The van der Waals surface area contributed by atoms with Gasteiger partial charge in [0.15, 0.2) is 0 Å². The van der Waals surface area contributed by atoms with Crippen LogP contribution in [-0.4, -0.2) is 76.4 Å². The van der Waals surface area contributed by atoms with Crippen molar-refractivity contribution in [3.63, 3.8) is 0 Å². The Kier molecular flexibility index (Phi) is 8.53. The van der Waals surface area contributed by atoms with Crippen LogP contribution in [0.2, 0.25) is 0 Å². The number of morpholine rings is 1. The minimum absolute atomic E-state index is 0.283. The van der Waals surface area contributed by atoms with Crippen molar-refractivity contribution in [2.45, 2.75) is 13.8 Å². The summed E-state index contributed by atoms with van der Waals surface area (Å²) in [4.78, 5) is 27.0. The van der Waals surface area contributed by atoms with Crippen LogP contribution in [-0.2, 0) is 14.3 Å². The van der Waals surface area contributed by atoms with E-state index in [9.17, 15) is 9.59 Å². The second-order valence-electron chi connectivity index (χ2n) is 7.11. The third kappa shape index (κ3) is 6.69. The van der Waals surface area contributed by atoms with E-state index in [2.05, 4.69) is 15.5 Å². The first-order chi connectivity index (χ1) is 13.4. The van der Waals surface area contributed by atoms with Gasteiger partial charge in [0.25, 0.3) is 0 Å². The summed E-state index contributed by atoms with van der Waals surface area (Å²) in [5.41, 5.74) is -1.15. The molecular weight excluding hydrogens is 362 g/mol. The summed E-state index contributed by atoms with van der Waals surface area (Å²) in [6, 6.07) is 7.20. The number of benzene rings is 1. The molecule has 1 aromatic carbocycles. The highest BCUT2D eigenvalue weighted by Crippen LogP contribution is 2.17. The van der Waals surface area contributed by atoms with E-state index in [1.807, 2.05) is 0 Å². The standard InChI is InChI=1S/C20H31N3O5/c1-20(2,18(24)21-8-10-23-11-14-27-15-12-23)19(25)22-9-13-28-17-6-4-16(26-3)5-7-17/h4-7H,8-15H2,1-3H3,(H,21,24)(H,22,25). The third-order valence-corrected chi connectivity index (χ3v) is 4.67. The Morgan fingerprint density at radius 3 is 2.21 bits per heavy atom. The van der Waals surface area contributed by atoms with Crippen LogP contribution in [0.3, 0.4) is 0 Å². The average Bonchev–Trinajstić information content (AvgIpc) is 2.72. The molecule has 2 N–H and O–H groups in total. The number of ether oxygens (including phenoxy) is 3. The van der Waals surface area contributed by atoms with Gasteiger partial charge in [0.1, 0.15) is 23.5 Å². The number of hydrogen-bond donors (Lipinski definition) is 2. The van der Waals surface area contributed by atoms with E-state index in [-0.39, 0.29) is 11.8 Å². The van der Waals surface area contributed by atoms with Gasteiger partial charge >= 0.3 is 0 Å². The lowest BCUT2D eigenvalue weighted by Crippen LogP contribution is -2.50. The maximum absolute atomic E-state index is 12.4. The topological polar surface area (TPSA) is 89.1 Å². The first kappa shape index (κ1) is 22.0. The van der Waals surface area contributed by atoms with Gasteiger partial charge in [0.05, 0.1) is 26.9 Å². The molecule has 0 saturated carbocycles. The fourth-order valence-corrected chi connectivity index (χ4v) is 2.70. The second kappa shape index (κ2) is 10.9. The van der Waals surface area contributed by atoms with Gasteiger partial charge in [0, 0.05) is 26.2 Å². The van der Waals surface area contributed by atoms with E-state index >= 15 is 0 Å². The molecule has 0 unspecified atom stereocenters. The summed E-state index contributed by atoms with van der Waals surface area (Å²) in [6.45, 7) is 8.32. The highest BCUT2D eigenvalue weighted by Gasteiger charge is 2.35. The molecule has 0 spiro atoms. The Morgan fingerprint density at radius 1 is 1.04 bits per heavy atom. The quantitative estimate of drug-likeness (QED) is 0.449. The van der Waals surface area contributed by atoms with Gasteiger partial charge in [-0.2, -0.15) is 0 Å². The minimum Gasteiger partial charge on any atom is -0.497 e. The molecule has 1 aliphatic heterocycles. The number of carbonyl (C=O) groups is 2. The Morgan fingerprint density at radius 2 is 1.61 bits per heavy atom. The van der Waals surface area contributed by atoms with Crippen molar-refractivity contribution in [1.82, 2.24) is 15.5 Å². The molecule has 0 bridgehead atoms. The average molecular weight is 393 g/mol. The Balaban J connectivity index is 1.66. The Labute approximate surface area is 166 Å². The number of nitrogens with one attached hydrogen (secondary N) is 2. The fourth-order valence-electron chi connectivity index (χ4n) is 2.70. The van der Waals surface area contributed by atoms with Gasteiger partial charge in [-0.25, -0.2) is 0 Å². The van der Waals surface area contributed by atoms with Crippen molar-refractivity contribution in [2.75, 3.05) is 59.7 Å². The molecule has 8 heteroatoms. The molecule has 8 nitrogen and oxygen atoms in total. The SMILES string of the molecule is COc1ccc(OCCNC(=O)C(C)(C)C(=O)NCCN2CCOCC2)cc1. The lowest BCUT2D eigenvalue weighted by Gasteiger charge is -2.27. The summed E-state index contributed by atoms with van der Waals surface area (Å²) in [5.74, 6) is 0.834. The molecule has 1 heterocycles. The van der Waals surface area contributed by atoms with Crippen LogP contribution in [0, 0.1) is 5.41 Å². The third-order valence-electron chi connectivity index (χ3n) is 4.67. The fraction of sp³-hybridized carbons (Fsp3) is 0.600. The molecule has 1 aliphatic rings. The van der Waals surface area contributed by atoms with E-state index in [0.29, 0.717) is 25.4 Å². The molecule has 0 aromatic heterocycles. The number of methoxy groups -OCH3 is 1. The van der Waals surface area contributed by atoms with E-state index in [1.165, 1.54) is 0 Å². The van der Waals surface area contributed by atoms with Gasteiger partial charge in [0.2, 0.25) is 11.8 Å². The summed E-state index contributed by atoms with van der Waals surface area (Å²) in [5, 5.41) is 5.61. The number of hydrogen-bond acceptors (Lipinski definition) is 6. The number of carbonyl (C=O) groups excluding carboxylic acids is 2. The Hall–Kier alpha value is -2.32. The van der Waals surface area contributed by atoms with Crippen LogP contribution in [0.25, 0.3) is 0 Å². The van der Waals surface area contributed by atoms with Gasteiger partial charge in [-0.3, -0.25) is 14.5 Å². The first-order valence-corrected chi connectivity index (χ1v) is 9.57. The van der Waals surface area contributed by atoms with Crippen molar-refractivity contribution in [3.05, 3.63) is 24.3 Å². The molecule has 0 atom stereocenters. The summed E-state index contributed by atoms with van der Waals surface area (Å²) >= 11 is 0. The van der Waals surface area contributed by atoms with Crippen LogP contribution in [0.1, 0.15) is 13.8 Å². The summed E-state index contributed by atoms with van der Waals surface area (Å²) in [7, 11) is 1.60. The molecule has 156 valence electrons. The first-order valence-electron chi connectivity index (χ1n) is 9.57. The zero-order valence-electron chi connectivity index (χ0n) is 17.0. The molecule has 2 rings (SSSR count). The number of rotatable bonds is 10. The molecule has 28 heavy (non-hydrogen) atoms. The molecule has 0 aliphatic carbocycles. The molecule has 2 amide bonds. The predicted octanol–water partition coefficient (Wildman–Crippen LogP) is 0.665. The van der Waals surface area contributed by atoms with Crippen LogP contribution in [0.15, 0.2) is 24.3 Å². The smallest absolute Gasteiger partial charge is 0.235 e. The minimum atomic E-state index is -1.15. The van der Waals surface area contributed by atoms with Gasteiger partial charge in [-0.15, -0.1) is 0 Å². The van der Waals surface area contributed by atoms with Crippen LogP contribution in [0.5, 0.6) is 11.5 Å². The number of nitrogens with zero attached hydrogens (tertiary/aromatic N) is 1. The highest BCUT2D eigenvalue weighted by atomic mass is 16.5. The van der Waals surface area contributed by atoms with Gasteiger partial charge in [-0.05, 0) is 38.1 Å². The van der Waals surface area contributed by atoms with Gasteiger partial charge < -0.3 is 24.8 Å². The summed E-state index contributed by atoms with van der Waals surface area (Å²) in [6.07, 6.45) is 0. The molecule has 1 fully saturated rings. The molecule has 1 saturated heterocycles. The molecule has 0 radical (unpaired) electrons. The van der Waals surface area contributed by atoms with E-state index in [0.717, 1.165) is 38.6 Å². The maximum Gasteiger partial charge on any atom is 0.235 e. The maximum atomic E-state index is 12.4. The second-order valence-corrected chi connectivity index (χ2v) is 7.11. The molecule has 1 aromatic rings. The monoisotopic (exact) mass is 393 g/mol. The van der Waals surface area contributed by atoms with Crippen molar-refractivity contribution in [1.29, 1.82) is 0 Å². The van der Waals surface area contributed by atoms with Crippen molar-refractivity contribution >= 4 is 11.8 Å². The van der Waals surface area contributed by atoms with E-state index in [1.54, 1.807) is 45.2 Å². The van der Waals surface area contributed by atoms with Crippen LogP contribution in [0.4, 0.5) is 0 Å². The summed E-state index contributed by atoms with van der Waals surface area (Å²) < 4.78 is 16.0. The highest BCUT2D eigenvalue weighted by molar-refractivity contribution is 6.04. The van der Waals surface area contributed by atoms with Crippen molar-refractivity contribution in [2.24, 2.45) is 5.41 Å². The van der Waals surface area contributed by atoms with E-state index < -0.39 is 5.41 Å². The normalized spacial score (nSPS) is 15.0. The zero-order chi connectivity index (χ0) is 20.4. The largest absolute Gasteiger partial charge is 0.497 e. The van der Waals surface area contributed by atoms with Crippen LogP contribution < -0.4 is 20.1 Å². The predicted molar refractivity (Wildman–Crippen MR) is 106 cm³/mol. The zero-order valence-corrected chi connectivity index (χ0v) is 17.0. The molecular formula is C20H31N3O5. The van der Waals surface area contributed by atoms with Crippen LogP contribution >= 0.6 is 0 Å². The Bertz CT molecular complexity index is 627. The number of amides is 2. The van der Waals surface area contributed by atoms with Crippen molar-refractivity contribution in [3.8, 4) is 11.5 Å². The lowest BCUT2D eigenvalue weighted by atomic mass is 9.91.